The minimum absolute atomic E-state index is 0.0402. The maximum atomic E-state index is 13.9. The average molecular weight is 536 g/mol. The van der Waals surface area contributed by atoms with Crippen LogP contribution in [0, 0.1) is 17.2 Å². The molecule has 2 aliphatic rings. The highest BCUT2D eigenvalue weighted by Gasteiger charge is 2.76. The van der Waals surface area contributed by atoms with E-state index in [-0.39, 0.29) is 43.0 Å². The van der Waals surface area contributed by atoms with Gasteiger partial charge in [-0.2, -0.15) is 5.26 Å². The molecule has 2 heterocycles. The quantitative estimate of drug-likeness (QED) is 0.352. The minimum Gasteiger partial charge on any atom is -0.495 e. The number of hydrogen-bond acceptors (Lipinski definition) is 7. The van der Waals surface area contributed by atoms with E-state index in [0.29, 0.717) is 11.1 Å². The van der Waals surface area contributed by atoms with Gasteiger partial charge in [-0.15, -0.1) is 0 Å². The van der Waals surface area contributed by atoms with Crippen LogP contribution >= 0.6 is 0 Å². The summed E-state index contributed by atoms with van der Waals surface area (Å²) in [6.07, 6.45) is 0.959. The van der Waals surface area contributed by atoms with Crippen LogP contribution in [0.4, 0.5) is 8.78 Å². The van der Waals surface area contributed by atoms with Crippen molar-refractivity contribution in [1.82, 2.24) is 10.3 Å². The largest absolute Gasteiger partial charge is 0.495 e. The molecule has 204 valence electrons. The third-order valence-electron chi connectivity index (χ3n) is 8.18. The number of methoxy groups -OCH3 is 1. The molecule has 0 amide bonds. The number of ether oxygens (including phenoxy) is 2. The normalized spacial score (nSPS) is 27.4. The Kier molecular flexibility index (Phi) is 7.06. The number of fused-ring (bicyclic) bond motifs is 3. The smallest absolute Gasteiger partial charge is 0.249 e. The highest BCUT2D eigenvalue weighted by Crippen LogP contribution is 2.69. The van der Waals surface area contributed by atoms with Gasteiger partial charge in [-0.3, -0.25) is 4.98 Å². The highest BCUT2D eigenvalue weighted by atomic mass is 19.3. The zero-order valence-electron chi connectivity index (χ0n) is 21.8. The maximum Gasteiger partial charge on any atom is 0.249 e. The Morgan fingerprint density at radius 1 is 1.15 bits per heavy atom. The molecule has 2 aromatic carbocycles. The molecule has 0 bridgehead atoms. The third kappa shape index (κ3) is 4.15. The van der Waals surface area contributed by atoms with Crippen molar-refractivity contribution in [1.29, 1.82) is 5.26 Å². The predicted octanol–water partition coefficient (Wildman–Crippen LogP) is 4.24. The van der Waals surface area contributed by atoms with Crippen LogP contribution in [0.15, 0.2) is 67.0 Å². The van der Waals surface area contributed by atoms with Gasteiger partial charge in [-0.1, -0.05) is 49.4 Å². The van der Waals surface area contributed by atoms with Crippen molar-refractivity contribution in [3.8, 4) is 17.6 Å². The van der Waals surface area contributed by atoms with Crippen LogP contribution in [0.3, 0.4) is 0 Å². The summed E-state index contributed by atoms with van der Waals surface area (Å²) in [5.41, 5.74) is -1.49. The van der Waals surface area contributed by atoms with E-state index in [1.165, 1.54) is 26.4 Å². The summed E-state index contributed by atoms with van der Waals surface area (Å²) in [5, 5.41) is 37.2. The lowest BCUT2D eigenvalue weighted by Crippen LogP contribution is -2.52. The second-order valence-electron chi connectivity index (χ2n) is 10.2. The number of pyridine rings is 1. The summed E-state index contributed by atoms with van der Waals surface area (Å²) in [4.78, 5) is 4.20. The van der Waals surface area contributed by atoms with E-state index >= 15 is 0 Å². The van der Waals surface area contributed by atoms with Crippen molar-refractivity contribution < 1.29 is 28.5 Å². The fourth-order valence-corrected chi connectivity index (χ4v) is 6.27. The average Bonchev–Trinajstić information content (AvgIpc) is 3.34. The first-order valence-electron chi connectivity index (χ1n) is 13.0. The molecule has 1 aromatic heterocycles. The van der Waals surface area contributed by atoms with Crippen molar-refractivity contribution in [2.24, 2.45) is 5.92 Å². The molecule has 5 atom stereocenters. The number of aliphatic hydroxyl groups is 2. The van der Waals surface area contributed by atoms with Crippen LogP contribution in [0.1, 0.15) is 47.9 Å². The van der Waals surface area contributed by atoms with E-state index in [1.54, 1.807) is 24.3 Å². The molecular weight excluding hydrogens is 504 g/mol. The van der Waals surface area contributed by atoms with Crippen LogP contribution in [-0.4, -0.2) is 47.4 Å². The van der Waals surface area contributed by atoms with Gasteiger partial charge < -0.3 is 25.0 Å². The van der Waals surface area contributed by atoms with E-state index in [1.807, 2.05) is 30.3 Å². The summed E-state index contributed by atoms with van der Waals surface area (Å²) < 4.78 is 40.1. The molecule has 0 unspecified atom stereocenters. The van der Waals surface area contributed by atoms with Gasteiger partial charge in [0.15, 0.2) is 11.2 Å². The summed E-state index contributed by atoms with van der Waals surface area (Å²) in [6.45, 7) is 1.63. The van der Waals surface area contributed by atoms with Gasteiger partial charge in [0.05, 0.1) is 42.8 Å². The topological polar surface area (TPSA) is 108 Å². The molecular formula is C30H31F2N3O4. The fourth-order valence-electron chi connectivity index (χ4n) is 6.27. The lowest BCUT2D eigenvalue weighted by Gasteiger charge is -2.41. The van der Waals surface area contributed by atoms with Crippen LogP contribution in [0.2, 0.25) is 0 Å². The second-order valence-corrected chi connectivity index (χ2v) is 10.2. The zero-order valence-corrected chi connectivity index (χ0v) is 21.8. The first kappa shape index (κ1) is 27.0. The number of benzene rings is 2. The van der Waals surface area contributed by atoms with Gasteiger partial charge in [0.1, 0.15) is 11.5 Å². The Morgan fingerprint density at radius 3 is 2.51 bits per heavy atom. The van der Waals surface area contributed by atoms with Crippen LogP contribution in [0.25, 0.3) is 0 Å². The summed E-state index contributed by atoms with van der Waals surface area (Å²) >= 11 is 0. The number of aromatic nitrogens is 1. The molecule has 3 N–H and O–H groups in total. The molecule has 0 spiro atoms. The van der Waals surface area contributed by atoms with Gasteiger partial charge in [0.2, 0.25) is 5.92 Å². The third-order valence-corrected chi connectivity index (χ3v) is 8.18. The fraction of sp³-hybridized carbons (Fsp3) is 0.400. The SMILES string of the molecule is CCC(F)(F)CCNC[C@H]1[C@@H](O)[C@@]2(O)c3c(OC)cncc3O[C@@]2(c2ccc(C#N)cc2)[C@@H]1c1ccccc1. The number of nitrogens with one attached hydrogen (secondary N) is 1. The monoisotopic (exact) mass is 535 g/mol. The predicted molar refractivity (Wildman–Crippen MR) is 140 cm³/mol. The van der Waals surface area contributed by atoms with Crippen LogP contribution < -0.4 is 14.8 Å². The number of hydrogen-bond donors (Lipinski definition) is 3. The first-order valence-corrected chi connectivity index (χ1v) is 13.0. The molecule has 5 rings (SSSR count). The molecule has 1 aliphatic heterocycles. The first-order chi connectivity index (χ1) is 18.7. The standard InChI is InChI=1S/C30H31F2N3O4/c1-3-28(31,32)13-14-34-16-22-25(20-7-5-4-6-8-20)30(21-11-9-19(15-33)10-12-21)29(37,27(22)36)26-23(38-2)17-35-18-24(26)39-30/h4-12,17-18,22,25,27,34,36-37H,3,13-14,16H2,1-2H3/t22-,25-,27-,29+,30+/m1/s1. The van der Waals surface area contributed by atoms with E-state index in [4.69, 9.17) is 9.47 Å². The number of aliphatic hydroxyl groups excluding tert-OH is 1. The van der Waals surface area contributed by atoms with E-state index in [2.05, 4.69) is 16.4 Å². The Hall–Kier alpha value is -3.58. The lowest BCUT2D eigenvalue weighted by atomic mass is 9.70. The van der Waals surface area contributed by atoms with E-state index in [9.17, 15) is 24.3 Å². The zero-order chi connectivity index (χ0) is 27.8. The molecule has 1 saturated carbocycles. The molecule has 1 fully saturated rings. The van der Waals surface area contributed by atoms with E-state index < -0.39 is 35.1 Å². The van der Waals surface area contributed by atoms with Crippen molar-refractivity contribution in [3.05, 3.63) is 89.2 Å². The molecule has 39 heavy (non-hydrogen) atoms. The maximum absolute atomic E-state index is 13.9. The lowest BCUT2D eigenvalue weighted by molar-refractivity contribution is -0.152. The van der Waals surface area contributed by atoms with Crippen molar-refractivity contribution in [2.75, 3.05) is 20.2 Å². The van der Waals surface area contributed by atoms with Crippen molar-refractivity contribution >= 4 is 0 Å². The van der Waals surface area contributed by atoms with Crippen LogP contribution in [0.5, 0.6) is 11.5 Å². The number of nitriles is 1. The van der Waals surface area contributed by atoms with Gasteiger partial charge in [-0.05, 0) is 23.3 Å². The molecule has 0 saturated heterocycles. The Bertz CT molecular complexity index is 1360. The van der Waals surface area contributed by atoms with Gasteiger partial charge in [-0.25, -0.2) is 8.78 Å². The number of rotatable bonds is 9. The molecule has 0 radical (unpaired) electrons. The molecule has 7 nitrogen and oxygen atoms in total. The summed E-state index contributed by atoms with van der Waals surface area (Å²) in [7, 11) is 1.45. The molecule has 9 heteroatoms. The van der Waals surface area contributed by atoms with Crippen LogP contribution in [-0.2, 0) is 11.2 Å². The molecule has 1 aliphatic carbocycles. The van der Waals surface area contributed by atoms with E-state index in [0.717, 1.165) is 5.56 Å². The molecule has 3 aromatic rings. The highest BCUT2D eigenvalue weighted by molar-refractivity contribution is 5.59. The Balaban J connectivity index is 1.68. The number of halogens is 2. The van der Waals surface area contributed by atoms with Gasteiger partial charge in [0.25, 0.3) is 0 Å². The van der Waals surface area contributed by atoms with Crippen molar-refractivity contribution in [3.63, 3.8) is 0 Å². The minimum atomic E-state index is -2.79. The number of nitrogens with zero attached hydrogens (tertiary/aromatic N) is 2. The number of alkyl halides is 2. The van der Waals surface area contributed by atoms with Crippen molar-refractivity contribution in [2.45, 2.75) is 48.9 Å². The summed E-state index contributed by atoms with van der Waals surface area (Å²) in [5.74, 6) is -3.53. The summed E-state index contributed by atoms with van der Waals surface area (Å²) in [6, 6.07) is 18.2. The second kappa shape index (κ2) is 10.2. The van der Waals surface area contributed by atoms with Gasteiger partial charge >= 0.3 is 0 Å². The Morgan fingerprint density at radius 2 is 1.87 bits per heavy atom. The van der Waals surface area contributed by atoms with Gasteiger partial charge in [0, 0.05) is 37.8 Å². The Labute approximate surface area is 226 Å².